The van der Waals surface area contributed by atoms with Crippen molar-refractivity contribution < 1.29 is 9.13 Å². The van der Waals surface area contributed by atoms with E-state index in [1.165, 1.54) is 6.07 Å². The van der Waals surface area contributed by atoms with E-state index in [0.717, 1.165) is 16.9 Å². The van der Waals surface area contributed by atoms with Gasteiger partial charge in [0.25, 0.3) is 0 Å². The van der Waals surface area contributed by atoms with E-state index in [1.807, 2.05) is 31.2 Å². The molecule has 0 spiro atoms. The van der Waals surface area contributed by atoms with Gasteiger partial charge in [0.05, 0.1) is 7.11 Å². The molecule has 2 rings (SSSR count). The lowest BCUT2D eigenvalue weighted by atomic mass is 10.0. The predicted octanol–water partition coefficient (Wildman–Crippen LogP) is 3.81. The molecule has 0 N–H and O–H groups in total. The standard InChI is InChI=1S/C14H13FO/c1-10-6-5-8-12(14(10)16-2)11-7-3-4-9-13(11)15/h3-9H,1-2H3. The van der Waals surface area contributed by atoms with Crippen LogP contribution in [0.1, 0.15) is 5.56 Å². The van der Waals surface area contributed by atoms with Crippen molar-refractivity contribution in [3.63, 3.8) is 0 Å². The molecule has 0 aromatic heterocycles. The number of halogens is 1. The molecule has 0 fully saturated rings. The number of aryl methyl sites for hydroxylation is 1. The Morgan fingerprint density at radius 1 is 0.938 bits per heavy atom. The van der Waals surface area contributed by atoms with Crippen LogP contribution in [0.5, 0.6) is 5.75 Å². The van der Waals surface area contributed by atoms with Crippen LogP contribution in [0.2, 0.25) is 0 Å². The molecule has 0 aliphatic heterocycles. The third-order valence-corrected chi connectivity index (χ3v) is 2.58. The maximum Gasteiger partial charge on any atom is 0.131 e. The largest absolute Gasteiger partial charge is 0.496 e. The lowest BCUT2D eigenvalue weighted by molar-refractivity contribution is 0.413. The zero-order chi connectivity index (χ0) is 11.5. The number of methoxy groups -OCH3 is 1. The molecule has 0 bridgehead atoms. The van der Waals surface area contributed by atoms with Crippen LogP contribution in [0, 0.1) is 12.7 Å². The van der Waals surface area contributed by atoms with Crippen molar-refractivity contribution in [1.29, 1.82) is 0 Å². The summed E-state index contributed by atoms with van der Waals surface area (Å²) in [4.78, 5) is 0. The topological polar surface area (TPSA) is 9.23 Å². The Hall–Kier alpha value is -1.83. The van der Waals surface area contributed by atoms with Gasteiger partial charge in [0.1, 0.15) is 11.6 Å². The first-order valence-electron chi connectivity index (χ1n) is 5.12. The van der Waals surface area contributed by atoms with Gasteiger partial charge < -0.3 is 4.74 Å². The molecule has 2 aromatic rings. The van der Waals surface area contributed by atoms with Crippen molar-refractivity contribution in [3.8, 4) is 16.9 Å². The Balaban J connectivity index is 2.65. The Kier molecular flexibility index (Phi) is 2.91. The number of hydrogen-bond acceptors (Lipinski definition) is 1. The predicted molar refractivity (Wildman–Crippen MR) is 63.1 cm³/mol. The van der Waals surface area contributed by atoms with Crippen LogP contribution in [0.15, 0.2) is 42.5 Å². The summed E-state index contributed by atoms with van der Waals surface area (Å²) in [5.74, 6) is 0.499. The van der Waals surface area contributed by atoms with E-state index >= 15 is 0 Å². The molecule has 0 radical (unpaired) electrons. The van der Waals surface area contributed by atoms with Crippen LogP contribution in [0.3, 0.4) is 0 Å². The second kappa shape index (κ2) is 4.35. The van der Waals surface area contributed by atoms with Gasteiger partial charge in [-0.2, -0.15) is 0 Å². The maximum atomic E-state index is 13.7. The van der Waals surface area contributed by atoms with E-state index in [9.17, 15) is 4.39 Å². The molecule has 82 valence electrons. The number of ether oxygens (including phenoxy) is 1. The molecule has 0 saturated heterocycles. The first-order chi connectivity index (χ1) is 7.74. The summed E-state index contributed by atoms with van der Waals surface area (Å²) in [5.41, 5.74) is 2.37. The summed E-state index contributed by atoms with van der Waals surface area (Å²) >= 11 is 0. The van der Waals surface area contributed by atoms with Gasteiger partial charge in [0.2, 0.25) is 0 Å². The van der Waals surface area contributed by atoms with Crippen LogP contribution in [0.4, 0.5) is 4.39 Å². The third-order valence-electron chi connectivity index (χ3n) is 2.58. The van der Waals surface area contributed by atoms with Crippen molar-refractivity contribution in [2.45, 2.75) is 6.92 Å². The Bertz CT molecular complexity index is 506. The van der Waals surface area contributed by atoms with Crippen molar-refractivity contribution in [3.05, 3.63) is 53.8 Å². The van der Waals surface area contributed by atoms with Gasteiger partial charge >= 0.3 is 0 Å². The molecule has 0 aliphatic carbocycles. The van der Waals surface area contributed by atoms with Gasteiger partial charge in [0.15, 0.2) is 0 Å². The highest BCUT2D eigenvalue weighted by Gasteiger charge is 2.11. The minimum Gasteiger partial charge on any atom is -0.496 e. The Morgan fingerprint density at radius 2 is 1.62 bits per heavy atom. The summed E-state index contributed by atoms with van der Waals surface area (Å²) < 4.78 is 19.0. The molecule has 0 saturated carbocycles. The van der Waals surface area contributed by atoms with E-state index in [1.54, 1.807) is 19.2 Å². The number of hydrogen-bond donors (Lipinski definition) is 0. The van der Waals surface area contributed by atoms with E-state index in [4.69, 9.17) is 4.74 Å². The van der Waals surface area contributed by atoms with Crippen LogP contribution in [0.25, 0.3) is 11.1 Å². The van der Waals surface area contributed by atoms with E-state index in [-0.39, 0.29) is 5.82 Å². The normalized spacial score (nSPS) is 10.2. The summed E-state index contributed by atoms with van der Waals surface area (Å²) in [7, 11) is 1.60. The van der Waals surface area contributed by atoms with Crippen LogP contribution in [-0.2, 0) is 0 Å². The third kappa shape index (κ3) is 1.78. The fourth-order valence-corrected chi connectivity index (χ4v) is 1.82. The average Bonchev–Trinajstić information content (AvgIpc) is 2.29. The van der Waals surface area contributed by atoms with Gasteiger partial charge in [-0.1, -0.05) is 36.4 Å². The van der Waals surface area contributed by atoms with Crippen molar-refractivity contribution in [2.75, 3.05) is 7.11 Å². The van der Waals surface area contributed by atoms with Gasteiger partial charge in [-0.25, -0.2) is 4.39 Å². The number of para-hydroxylation sites is 1. The lowest BCUT2D eigenvalue weighted by Gasteiger charge is -2.11. The lowest BCUT2D eigenvalue weighted by Crippen LogP contribution is -1.92. The summed E-state index contributed by atoms with van der Waals surface area (Å²) in [6, 6.07) is 12.4. The highest BCUT2D eigenvalue weighted by atomic mass is 19.1. The first-order valence-corrected chi connectivity index (χ1v) is 5.12. The van der Waals surface area contributed by atoms with Crippen LogP contribution >= 0.6 is 0 Å². The monoisotopic (exact) mass is 216 g/mol. The highest BCUT2D eigenvalue weighted by molar-refractivity contribution is 5.72. The molecule has 2 aromatic carbocycles. The fraction of sp³-hybridized carbons (Fsp3) is 0.143. The van der Waals surface area contributed by atoms with Gasteiger partial charge in [0, 0.05) is 11.1 Å². The number of rotatable bonds is 2. The minimum absolute atomic E-state index is 0.230. The molecule has 0 heterocycles. The van der Waals surface area contributed by atoms with Gasteiger partial charge in [-0.05, 0) is 18.6 Å². The summed E-state index contributed by atoms with van der Waals surface area (Å²) in [5, 5.41) is 0. The Morgan fingerprint density at radius 3 is 2.31 bits per heavy atom. The Labute approximate surface area is 94.5 Å². The molecule has 2 heteroatoms. The SMILES string of the molecule is COc1c(C)cccc1-c1ccccc1F. The second-order valence-electron chi connectivity index (χ2n) is 3.64. The summed E-state index contributed by atoms with van der Waals surface area (Å²) in [6.45, 7) is 1.95. The molecular weight excluding hydrogens is 203 g/mol. The molecule has 1 nitrogen and oxygen atoms in total. The average molecular weight is 216 g/mol. The van der Waals surface area contributed by atoms with Crippen LogP contribution in [-0.4, -0.2) is 7.11 Å². The van der Waals surface area contributed by atoms with Crippen molar-refractivity contribution in [2.24, 2.45) is 0 Å². The van der Waals surface area contributed by atoms with E-state index in [2.05, 4.69) is 0 Å². The van der Waals surface area contributed by atoms with Gasteiger partial charge in [-0.3, -0.25) is 0 Å². The molecule has 16 heavy (non-hydrogen) atoms. The zero-order valence-corrected chi connectivity index (χ0v) is 9.33. The molecule has 0 aliphatic rings. The quantitative estimate of drug-likeness (QED) is 0.741. The van der Waals surface area contributed by atoms with E-state index < -0.39 is 0 Å². The molecule has 0 amide bonds. The van der Waals surface area contributed by atoms with Crippen molar-refractivity contribution in [1.82, 2.24) is 0 Å². The maximum absolute atomic E-state index is 13.7. The highest BCUT2D eigenvalue weighted by Crippen LogP contribution is 2.33. The minimum atomic E-state index is -0.230. The van der Waals surface area contributed by atoms with E-state index in [0.29, 0.717) is 5.56 Å². The second-order valence-corrected chi connectivity index (χ2v) is 3.64. The molecule has 0 unspecified atom stereocenters. The molecular formula is C14H13FO. The summed E-state index contributed by atoms with van der Waals surface area (Å²) in [6.07, 6.45) is 0. The first kappa shape index (κ1) is 10.7. The smallest absolute Gasteiger partial charge is 0.131 e. The van der Waals surface area contributed by atoms with Crippen molar-refractivity contribution >= 4 is 0 Å². The molecule has 0 atom stereocenters. The number of benzene rings is 2. The van der Waals surface area contributed by atoms with Crippen LogP contribution < -0.4 is 4.74 Å². The fourth-order valence-electron chi connectivity index (χ4n) is 1.82. The zero-order valence-electron chi connectivity index (χ0n) is 9.33. The van der Waals surface area contributed by atoms with Gasteiger partial charge in [-0.15, -0.1) is 0 Å².